The summed E-state index contributed by atoms with van der Waals surface area (Å²) in [5.74, 6) is 0. The number of fused-ring (bicyclic) bond motifs is 2. The molecule has 2 unspecified atom stereocenters. The first-order chi connectivity index (χ1) is 13.1. The van der Waals surface area contributed by atoms with Gasteiger partial charge < -0.3 is 9.80 Å². The predicted octanol–water partition coefficient (Wildman–Crippen LogP) is 4.57. The minimum absolute atomic E-state index is 0.486. The van der Waals surface area contributed by atoms with E-state index >= 15 is 0 Å². The van der Waals surface area contributed by atoms with Crippen LogP contribution in [0, 0.1) is 0 Å². The molecule has 0 bridgehead atoms. The van der Waals surface area contributed by atoms with Gasteiger partial charge >= 0.3 is 0 Å². The fourth-order valence-electron chi connectivity index (χ4n) is 3.40. The van der Waals surface area contributed by atoms with Gasteiger partial charge in [-0.25, -0.2) is 8.42 Å². The molecule has 0 aromatic heterocycles. The van der Waals surface area contributed by atoms with Gasteiger partial charge in [0.1, 0.15) is 0 Å². The van der Waals surface area contributed by atoms with Crippen molar-refractivity contribution in [3.8, 4) is 0 Å². The lowest BCUT2D eigenvalue weighted by Gasteiger charge is -2.31. The number of sulfone groups is 1. The first-order valence-electron chi connectivity index (χ1n) is 8.57. The molecular weight excluding hydrogens is 396 g/mol. The summed E-state index contributed by atoms with van der Waals surface area (Å²) in [5, 5.41) is 0. The lowest BCUT2D eigenvalue weighted by Crippen LogP contribution is -2.46. The molecule has 7 heteroatoms. The molecule has 0 saturated carbocycles. The molecule has 0 spiro atoms. The Kier molecular flexibility index (Phi) is 5.01. The van der Waals surface area contributed by atoms with Gasteiger partial charge in [-0.05, 0) is 24.3 Å². The smallest absolute Gasteiger partial charge is 0.212 e. The fraction of sp³-hybridized carbons (Fsp3) is 0.200. The van der Waals surface area contributed by atoms with Crippen LogP contribution in [0.2, 0.25) is 0 Å². The van der Waals surface area contributed by atoms with Gasteiger partial charge in [-0.2, -0.15) is 0 Å². The van der Waals surface area contributed by atoms with Crippen LogP contribution in [0.25, 0.3) is 0 Å². The van der Waals surface area contributed by atoms with Gasteiger partial charge in [0.25, 0.3) is 0 Å². The number of rotatable bonds is 6. The summed E-state index contributed by atoms with van der Waals surface area (Å²) < 4.78 is 26.1. The first-order valence-corrected chi connectivity index (χ1v) is 11.9. The van der Waals surface area contributed by atoms with E-state index in [2.05, 4.69) is 13.2 Å². The van der Waals surface area contributed by atoms with Gasteiger partial charge in [-0.1, -0.05) is 59.9 Å². The Morgan fingerprint density at radius 3 is 1.63 bits per heavy atom. The second kappa shape index (κ2) is 7.30. The predicted molar refractivity (Wildman–Crippen MR) is 116 cm³/mol. The average molecular weight is 417 g/mol. The van der Waals surface area contributed by atoms with Crippen LogP contribution in [0.15, 0.2) is 83.6 Å². The highest BCUT2D eigenvalue weighted by atomic mass is 32.3. The van der Waals surface area contributed by atoms with Crippen molar-refractivity contribution in [3.63, 3.8) is 0 Å². The molecule has 0 radical (unpaired) electrons. The summed E-state index contributed by atoms with van der Waals surface area (Å²) in [6, 6.07) is 15.7. The largest absolute Gasteiger partial charge is 0.342 e. The van der Waals surface area contributed by atoms with Gasteiger partial charge in [0.15, 0.2) is 9.41 Å². The Balaban J connectivity index is 1.73. The zero-order chi connectivity index (χ0) is 19.0. The lowest BCUT2D eigenvalue weighted by atomic mass is 10.3. The lowest BCUT2D eigenvalue weighted by molar-refractivity contribution is 0.587. The molecule has 2 aliphatic heterocycles. The van der Waals surface area contributed by atoms with Crippen LogP contribution in [0.3, 0.4) is 0 Å². The highest BCUT2D eigenvalue weighted by molar-refractivity contribution is 8.21. The molecule has 0 aliphatic carbocycles. The molecule has 2 heterocycles. The maximum absolute atomic E-state index is 13.7. The van der Waals surface area contributed by atoms with Gasteiger partial charge in [0.2, 0.25) is 9.84 Å². The van der Waals surface area contributed by atoms with E-state index < -0.39 is 19.2 Å². The van der Waals surface area contributed by atoms with E-state index in [1.165, 1.54) is 23.5 Å². The second-order valence-electron chi connectivity index (χ2n) is 6.26. The maximum Gasteiger partial charge on any atom is 0.212 e. The summed E-state index contributed by atoms with van der Waals surface area (Å²) in [6.07, 6.45) is 3.51. The third-order valence-electron chi connectivity index (χ3n) is 4.53. The van der Waals surface area contributed by atoms with E-state index in [0.717, 1.165) is 21.2 Å². The van der Waals surface area contributed by atoms with Crippen LogP contribution in [0.1, 0.15) is 0 Å². The van der Waals surface area contributed by atoms with Crippen molar-refractivity contribution in [1.29, 1.82) is 0 Å². The van der Waals surface area contributed by atoms with Crippen molar-refractivity contribution in [2.45, 2.75) is 19.2 Å². The van der Waals surface area contributed by atoms with Crippen LogP contribution >= 0.6 is 23.5 Å². The molecule has 0 amide bonds. The number of thioether (sulfide) groups is 2. The molecule has 27 heavy (non-hydrogen) atoms. The van der Waals surface area contributed by atoms with Crippen molar-refractivity contribution in [3.05, 3.63) is 73.8 Å². The molecule has 0 N–H and O–H groups in total. The van der Waals surface area contributed by atoms with E-state index in [0.29, 0.717) is 13.1 Å². The van der Waals surface area contributed by atoms with Crippen LogP contribution in [-0.4, -0.2) is 30.9 Å². The Morgan fingerprint density at radius 1 is 0.815 bits per heavy atom. The van der Waals surface area contributed by atoms with Crippen molar-refractivity contribution in [2.75, 3.05) is 22.9 Å². The number of para-hydroxylation sites is 2. The molecule has 0 saturated heterocycles. The Morgan fingerprint density at radius 2 is 1.22 bits per heavy atom. The standard InChI is InChI=1S/C20H20N2O2S3/c1-3-13-21-15-9-5-7-11-17(15)25-19(21)27(23,24)20-22(14-4-2)16-10-6-8-12-18(16)26-20/h3-12,19-20H,1-2,13-14H2. The Hall–Kier alpha value is -1.83. The number of benzene rings is 2. The Bertz CT molecular complexity index is 917. The molecule has 2 atom stereocenters. The monoisotopic (exact) mass is 416 g/mol. The quantitative estimate of drug-likeness (QED) is 0.643. The average Bonchev–Trinajstić information content (AvgIpc) is 3.23. The van der Waals surface area contributed by atoms with Crippen molar-refractivity contribution in [2.24, 2.45) is 0 Å². The van der Waals surface area contributed by atoms with Gasteiger partial charge in [0.05, 0.1) is 11.4 Å². The van der Waals surface area contributed by atoms with E-state index in [1.54, 1.807) is 12.2 Å². The topological polar surface area (TPSA) is 40.6 Å². The van der Waals surface area contributed by atoms with E-state index in [-0.39, 0.29) is 0 Å². The summed E-state index contributed by atoms with van der Waals surface area (Å²) in [7, 11) is -3.53. The van der Waals surface area contributed by atoms with Crippen molar-refractivity contribution in [1.82, 2.24) is 0 Å². The van der Waals surface area contributed by atoms with E-state index in [4.69, 9.17) is 0 Å². The molecule has 4 rings (SSSR count). The summed E-state index contributed by atoms with van der Waals surface area (Å²) >= 11 is 2.80. The van der Waals surface area contributed by atoms with Crippen LogP contribution in [0.5, 0.6) is 0 Å². The maximum atomic E-state index is 13.7. The SMILES string of the molecule is C=CCN1c2ccccc2SC1S(=O)(=O)C1Sc2ccccc2N1CC=C. The summed E-state index contributed by atoms with van der Waals surface area (Å²) in [4.78, 5) is 5.84. The number of nitrogens with zero attached hydrogens (tertiary/aromatic N) is 2. The minimum Gasteiger partial charge on any atom is -0.342 e. The van der Waals surface area contributed by atoms with Crippen LogP contribution in [-0.2, 0) is 9.84 Å². The van der Waals surface area contributed by atoms with Gasteiger partial charge in [0, 0.05) is 22.9 Å². The molecule has 0 fully saturated rings. The number of hydrogen-bond donors (Lipinski definition) is 0. The molecular formula is C20H20N2O2S3. The van der Waals surface area contributed by atoms with Crippen molar-refractivity contribution >= 4 is 44.7 Å². The molecule has 140 valence electrons. The van der Waals surface area contributed by atoms with Crippen molar-refractivity contribution < 1.29 is 8.42 Å². The van der Waals surface area contributed by atoms with E-state index in [9.17, 15) is 8.42 Å². The molecule has 2 aliphatic rings. The van der Waals surface area contributed by atoms with Crippen LogP contribution in [0.4, 0.5) is 11.4 Å². The highest BCUT2D eigenvalue weighted by Crippen LogP contribution is 2.51. The number of anilines is 2. The highest BCUT2D eigenvalue weighted by Gasteiger charge is 2.48. The zero-order valence-corrected chi connectivity index (χ0v) is 17.1. The molecule has 4 nitrogen and oxygen atoms in total. The third-order valence-corrected chi connectivity index (χ3v) is 10.5. The van der Waals surface area contributed by atoms with Gasteiger partial charge in [-0.3, -0.25) is 0 Å². The van der Waals surface area contributed by atoms with Crippen LogP contribution < -0.4 is 9.80 Å². The van der Waals surface area contributed by atoms with Gasteiger partial charge in [-0.15, -0.1) is 13.2 Å². The summed E-state index contributed by atoms with van der Waals surface area (Å²) in [5.41, 5.74) is 1.90. The fourth-order valence-corrected chi connectivity index (χ4v) is 9.26. The third kappa shape index (κ3) is 3.07. The number of hydrogen-bond acceptors (Lipinski definition) is 6. The minimum atomic E-state index is -3.53. The van der Waals surface area contributed by atoms with E-state index in [1.807, 2.05) is 58.3 Å². The summed E-state index contributed by atoms with van der Waals surface area (Å²) in [6.45, 7) is 8.60. The second-order valence-corrected chi connectivity index (χ2v) is 11.2. The normalized spacial score (nSPS) is 21.0. The first kappa shape index (κ1) is 18.5. The molecule has 2 aromatic rings. The Labute approximate surface area is 168 Å². The zero-order valence-electron chi connectivity index (χ0n) is 14.7. The molecule has 2 aromatic carbocycles.